The van der Waals surface area contributed by atoms with Gasteiger partial charge in [-0.15, -0.1) is 0 Å². The lowest BCUT2D eigenvalue weighted by molar-refractivity contribution is 0.115. The zero-order valence-electron chi connectivity index (χ0n) is 11.1. The maximum atomic E-state index is 5.75. The zero-order chi connectivity index (χ0) is 12.8. The van der Waals surface area contributed by atoms with E-state index in [1.807, 2.05) is 0 Å². The summed E-state index contributed by atoms with van der Waals surface area (Å²) in [5.74, 6) is 2.29. The molecule has 0 bridgehead atoms. The minimum atomic E-state index is 0.320. The molecule has 2 rings (SSSR count). The molecule has 0 aliphatic heterocycles. The summed E-state index contributed by atoms with van der Waals surface area (Å²) in [5.41, 5.74) is 5.75. The van der Waals surface area contributed by atoms with Crippen molar-refractivity contribution >= 4 is 5.95 Å². The van der Waals surface area contributed by atoms with Gasteiger partial charge in [0.15, 0.2) is 5.82 Å². The molecule has 1 aliphatic rings. The molecule has 1 fully saturated rings. The van der Waals surface area contributed by atoms with Gasteiger partial charge in [0.2, 0.25) is 5.95 Å². The van der Waals surface area contributed by atoms with Gasteiger partial charge in [0.25, 0.3) is 0 Å². The summed E-state index contributed by atoms with van der Waals surface area (Å²) in [5, 5.41) is 0. The largest absolute Gasteiger partial charge is 0.373 e. The molecule has 1 heterocycles. The first-order valence-electron chi connectivity index (χ1n) is 6.87. The standard InChI is InChI=1S/C13H22N4O/c1-2-8-18-9-11-15-12(17-13(14)16-11)10-6-4-3-5-7-10/h10H,2-9H2,1H3,(H2,14,15,16,17). The maximum absolute atomic E-state index is 5.75. The van der Waals surface area contributed by atoms with Crippen LogP contribution in [0.4, 0.5) is 5.95 Å². The summed E-state index contributed by atoms with van der Waals surface area (Å²) in [4.78, 5) is 12.9. The van der Waals surface area contributed by atoms with Gasteiger partial charge < -0.3 is 10.5 Å². The van der Waals surface area contributed by atoms with Crippen LogP contribution in [0.3, 0.4) is 0 Å². The van der Waals surface area contributed by atoms with Gasteiger partial charge in [-0.3, -0.25) is 0 Å². The molecule has 0 atom stereocenters. The highest BCUT2D eigenvalue weighted by molar-refractivity contribution is 5.17. The molecule has 1 aromatic heterocycles. The van der Waals surface area contributed by atoms with Crippen molar-refractivity contribution in [3.8, 4) is 0 Å². The van der Waals surface area contributed by atoms with Crippen molar-refractivity contribution in [2.24, 2.45) is 0 Å². The second-order valence-corrected chi connectivity index (χ2v) is 4.86. The highest BCUT2D eigenvalue weighted by Gasteiger charge is 2.19. The second-order valence-electron chi connectivity index (χ2n) is 4.86. The number of nitrogens with zero attached hydrogens (tertiary/aromatic N) is 3. The van der Waals surface area contributed by atoms with E-state index in [0.29, 0.717) is 24.3 Å². The molecule has 0 saturated heterocycles. The molecule has 5 nitrogen and oxygen atoms in total. The van der Waals surface area contributed by atoms with Gasteiger partial charge in [-0.25, -0.2) is 4.98 Å². The molecule has 0 radical (unpaired) electrons. The van der Waals surface area contributed by atoms with Crippen LogP contribution in [0.25, 0.3) is 0 Å². The Morgan fingerprint density at radius 3 is 2.67 bits per heavy atom. The Kier molecular flexibility index (Phi) is 4.87. The van der Waals surface area contributed by atoms with Crippen molar-refractivity contribution in [2.45, 2.75) is 58.0 Å². The van der Waals surface area contributed by atoms with Crippen molar-refractivity contribution in [3.63, 3.8) is 0 Å². The normalized spacial score (nSPS) is 16.9. The Hall–Kier alpha value is -1.23. The summed E-state index contributed by atoms with van der Waals surface area (Å²) >= 11 is 0. The summed E-state index contributed by atoms with van der Waals surface area (Å²) in [6.07, 6.45) is 7.17. The average Bonchev–Trinajstić information content (AvgIpc) is 2.39. The molecule has 1 aliphatic carbocycles. The molecule has 18 heavy (non-hydrogen) atoms. The third-order valence-electron chi connectivity index (χ3n) is 3.27. The van der Waals surface area contributed by atoms with Crippen LogP contribution in [0, 0.1) is 0 Å². The number of hydrogen-bond donors (Lipinski definition) is 1. The predicted molar refractivity (Wildman–Crippen MR) is 70.0 cm³/mol. The van der Waals surface area contributed by atoms with Crippen LogP contribution < -0.4 is 5.73 Å². The molecule has 0 unspecified atom stereocenters. The summed E-state index contributed by atoms with van der Waals surface area (Å²) in [6.45, 7) is 3.24. The molecule has 1 saturated carbocycles. The highest BCUT2D eigenvalue weighted by Crippen LogP contribution is 2.30. The SMILES string of the molecule is CCCOCc1nc(N)nc(C2CCCCC2)n1. The van der Waals surface area contributed by atoms with Gasteiger partial charge >= 0.3 is 0 Å². The molecule has 1 aromatic rings. The fourth-order valence-corrected chi connectivity index (χ4v) is 2.37. The van der Waals surface area contributed by atoms with Crippen LogP contribution in [0.5, 0.6) is 0 Å². The molecule has 0 amide bonds. The fraction of sp³-hybridized carbons (Fsp3) is 0.769. The first-order valence-corrected chi connectivity index (χ1v) is 6.87. The van der Waals surface area contributed by atoms with E-state index < -0.39 is 0 Å². The van der Waals surface area contributed by atoms with Crippen molar-refractivity contribution in [3.05, 3.63) is 11.6 Å². The molecule has 5 heteroatoms. The summed E-state index contributed by atoms with van der Waals surface area (Å²) in [6, 6.07) is 0. The van der Waals surface area contributed by atoms with E-state index >= 15 is 0 Å². The van der Waals surface area contributed by atoms with E-state index in [0.717, 1.165) is 18.9 Å². The number of anilines is 1. The first-order chi connectivity index (χ1) is 8.79. The number of hydrogen-bond acceptors (Lipinski definition) is 5. The number of rotatable bonds is 5. The topological polar surface area (TPSA) is 73.9 Å². The monoisotopic (exact) mass is 250 g/mol. The van der Waals surface area contributed by atoms with Gasteiger partial charge in [-0.05, 0) is 19.3 Å². The highest BCUT2D eigenvalue weighted by atomic mass is 16.5. The van der Waals surface area contributed by atoms with Crippen molar-refractivity contribution in [2.75, 3.05) is 12.3 Å². The third-order valence-corrected chi connectivity index (χ3v) is 3.27. The summed E-state index contributed by atoms with van der Waals surface area (Å²) < 4.78 is 5.46. The number of ether oxygens (including phenoxy) is 1. The summed E-state index contributed by atoms with van der Waals surface area (Å²) in [7, 11) is 0. The Morgan fingerprint density at radius 1 is 1.17 bits per heavy atom. The fourth-order valence-electron chi connectivity index (χ4n) is 2.37. The van der Waals surface area contributed by atoms with Crippen molar-refractivity contribution in [1.82, 2.24) is 15.0 Å². The van der Waals surface area contributed by atoms with Crippen LogP contribution in [0.15, 0.2) is 0 Å². The molecule has 100 valence electrons. The van der Waals surface area contributed by atoms with Crippen molar-refractivity contribution in [1.29, 1.82) is 0 Å². The lowest BCUT2D eigenvalue weighted by atomic mass is 9.89. The smallest absolute Gasteiger partial charge is 0.223 e. The van der Waals surface area contributed by atoms with Gasteiger partial charge in [0.05, 0.1) is 0 Å². The lowest BCUT2D eigenvalue weighted by Crippen LogP contribution is -2.14. The van der Waals surface area contributed by atoms with Gasteiger partial charge in [0, 0.05) is 12.5 Å². The van der Waals surface area contributed by atoms with E-state index in [9.17, 15) is 0 Å². The minimum Gasteiger partial charge on any atom is -0.373 e. The van der Waals surface area contributed by atoms with Crippen LogP contribution in [0.2, 0.25) is 0 Å². The zero-order valence-corrected chi connectivity index (χ0v) is 11.1. The lowest BCUT2D eigenvalue weighted by Gasteiger charge is -2.20. The van der Waals surface area contributed by atoms with Crippen LogP contribution in [0.1, 0.15) is 63.0 Å². The Bertz CT molecular complexity index is 377. The van der Waals surface area contributed by atoms with E-state index in [1.165, 1.54) is 32.1 Å². The van der Waals surface area contributed by atoms with E-state index in [2.05, 4.69) is 21.9 Å². The van der Waals surface area contributed by atoms with Crippen molar-refractivity contribution < 1.29 is 4.74 Å². The first kappa shape index (κ1) is 13.2. The minimum absolute atomic E-state index is 0.320. The Morgan fingerprint density at radius 2 is 1.94 bits per heavy atom. The average molecular weight is 250 g/mol. The Labute approximate surface area is 108 Å². The number of nitrogen functional groups attached to an aromatic ring is 1. The van der Waals surface area contributed by atoms with Gasteiger partial charge in [0.1, 0.15) is 12.4 Å². The molecule has 0 aromatic carbocycles. The van der Waals surface area contributed by atoms with E-state index in [1.54, 1.807) is 0 Å². The second kappa shape index (κ2) is 6.64. The van der Waals surface area contributed by atoms with E-state index in [-0.39, 0.29) is 0 Å². The van der Waals surface area contributed by atoms with Gasteiger partial charge in [-0.1, -0.05) is 26.2 Å². The predicted octanol–water partition coefficient (Wildman–Crippen LogP) is 2.43. The Balaban J connectivity index is 2.05. The number of nitrogens with two attached hydrogens (primary N) is 1. The van der Waals surface area contributed by atoms with Gasteiger partial charge in [-0.2, -0.15) is 9.97 Å². The van der Waals surface area contributed by atoms with Crippen LogP contribution >= 0.6 is 0 Å². The van der Waals surface area contributed by atoms with Crippen LogP contribution in [-0.2, 0) is 11.3 Å². The molecular weight excluding hydrogens is 228 g/mol. The maximum Gasteiger partial charge on any atom is 0.223 e. The quantitative estimate of drug-likeness (QED) is 0.812. The van der Waals surface area contributed by atoms with E-state index in [4.69, 9.17) is 10.5 Å². The third kappa shape index (κ3) is 3.63. The molecular formula is C13H22N4O. The van der Waals surface area contributed by atoms with Crippen LogP contribution in [-0.4, -0.2) is 21.6 Å². The molecule has 0 spiro atoms. The number of aromatic nitrogens is 3. The molecule has 2 N–H and O–H groups in total.